The molecule has 2 fully saturated rings. The Balaban J connectivity index is 1.73. The van der Waals surface area contributed by atoms with Gasteiger partial charge in [0.05, 0.1) is 24.2 Å². The zero-order chi connectivity index (χ0) is 22.9. The van der Waals surface area contributed by atoms with E-state index in [-0.39, 0.29) is 54.3 Å². The number of aromatic nitrogens is 2. The van der Waals surface area contributed by atoms with Gasteiger partial charge in [0.25, 0.3) is 11.5 Å². The van der Waals surface area contributed by atoms with Gasteiger partial charge in [-0.15, -0.1) is 0 Å². The van der Waals surface area contributed by atoms with Gasteiger partial charge in [0.2, 0.25) is 0 Å². The van der Waals surface area contributed by atoms with Crippen LogP contribution in [0, 0.1) is 11.7 Å². The monoisotopic (exact) mass is 451 g/mol. The minimum absolute atomic E-state index is 0.0146. The number of methoxy groups -OCH3 is 1. The molecule has 2 heterocycles. The molecule has 1 aromatic carbocycles. The summed E-state index contributed by atoms with van der Waals surface area (Å²) in [6, 6.07) is -1.56. The molecule has 1 aromatic heterocycles. The van der Waals surface area contributed by atoms with Gasteiger partial charge in [0.1, 0.15) is 11.2 Å². The largest absolute Gasteiger partial charge is 0.492 e. The molecule has 11 heteroatoms. The summed E-state index contributed by atoms with van der Waals surface area (Å²) < 4.78 is 51.3. The van der Waals surface area contributed by atoms with Crippen molar-refractivity contribution in [2.24, 2.45) is 11.7 Å². The molecule has 0 bridgehead atoms. The number of rotatable bonds is 3. The van der Waals surface area contributed by atoms with Crippen LogP contribution in [0.25, 0.3) is 10.9 Å². The van der Waals surface area contributed by atoms with Crippen LogP contribution in [0.15, 0.2) is 21.2 Å². The number of nitrogens with zero attached hydrogens (tertiary/aromatic N) is 2. The first kappa shape index (κ1) is 20.9. The molecule has 5 N–H and O–H groups in total. The number of benzene rings is 1. The van der Waals surface area contributed by atoms with E-state index in [2.05, 4.69) is 4.98 Å². The van der Waals surface area contributed by atoms with E-state index in [9.17, 15) is 18.4 Å². The smallest absolute Gasteiger partial charge is 0.329 e. The highest BCUT2D eigenvalue weighted by Crippen LogP contribution is 2.47. The van der Waals surface area contributed by atoms with Crippen LogP contribution in [-0.4, -0.2) is 41.7 Å². The topological polar surface area (TPSA) is 119 Å². The van der Waals surface area contributed by atoms with Gasteiger partial charge >= 0.3 is 5.69 Å². The summed E-state index contributed by atoms with van der Waals surface area (Å²) in [5, 5.41) is -0.162. The van der Waals surface area contributed by atoms with Gasteiger partial charge in [0, 0.05) is 31.5 Å². The molecule has 32 heavy (non-hydrogen) atoms. The van der Waals surface area contributed by atoms with E-state index in [1.165, 1.54) is 11.7 Å². The normalized spacial score (nSPS) is 24.9. The summed E-state index contributed by atoms with van der Waals surface area (Å²) in [5.74, 6) is -4.61. The molecule has 2 unspecified atom stereocenters. The maximum atomic E-state index is 15.6. The molecule has 0 amide bonds. The van der Waals surface area contributed by atoms with Crippen LogP contribution in [0.3, 0.4) is 0 Å². The Morgan fingerprint density at radius 3 is 2.66 bits per heavy atom. The van der Waals surface area contributed by atoms with E-state index in [4.69, 9.17) is 16.2 Å². The fourth-order valence-corrected chi connectivity index (χ4v) is 5.03. The molecule has 0 spiro atoms. The summed E-state index contributed by atoms with van der Waals surface area (Å²) in [7, 11) is 1.31. The van der Waals surface area contributed by atoms with Gasteiger partial charge < -0.3 is 21.1 Å². The van der Waals surface area contributed by atoms with Gasteiger partial charge in [-0.1, -0.05) is 6.08 Å². The second kappa shape index (κ2) is 7.03. The van der Waals surface area contributed by atoms with Gasteiger partial charge in [-0.3, -0.25) is 14.3 Å². The van der Waals surface area contributed by atoms with E-state index in [1.54, 1.807) is 11.0 Å². The lowest BCUT2D eigenvalue weighted by atomic mass is 9.92. The van der Waals surface area contributed by atoms with Crippen molar-refractivity contribution < 1.29 is 17.9 Å². The second-order valence-electron chi connectivity index (χ2n) is 8.79. The Morgan fingerprint density at radius 1 is 1.28 bits per heavy atom. The van der Waals surface area contributed by atoms with Crippen molar-refractivity contribution in [3.05, 3.63) is 38.3 Å². The number of fused-ring (bicyclic) bond motifs is 2. The van der Waals surface area contributed by atoms with E-state index in [1.807, 2.05) is 0 Å². The Labute approximate surface area is 180 Å². The molecule has 172 valence electrons. The zero-order valence-corrected chi connectivity index (χ0v) is 17.5. The van der Waals surface area contributed by atoms with Crippen LogP contribution in [0.1, 0.15) is 31.7 Å². The van der Waals surface area contributed by atoms with Crippen molar-refractivity contribution in [3.8, 4) is 5.75 Å². The lowest BCUT2D eigenvalue weighted by Gasteiger charge is -2.28. The van der Waals surface area contributed by atoms with Crippen LogP contribution in [0.2, 0.25) is 0 Å². The lowest BCUT2D eigenvalue weighted by molar-refractivity contribution is -0.0402. The SMILES string of the molecule is COc1c(N2CC3=CCCC(F)(F)C(N)C3C2)c(F)c(N)c2c(=O)[nH]c(=O)n(C3CC3)c12. The molecule has 3 aliphatic rings. The average molecular weight is 451 g/mol. The van der Waals surface area contributed by atoms with E-state index < -0.39 is 40.6 Å². The Kier molecular flexibility index (Phi) is 4.59. The van der Waals surface area contributed by atoms with E-state index in [0.717, 1.165) is 12.8 Å². The Hall–Kier alpha value is -2.95. The fourth-order valence-electron chi connectivity index (χ4n) is 5.03. The number of nitrogens with one attached hydrogen (secondary N) is 1. The van der Waals surface area contributed by atoms with Crippen molar-refractivity contribution in [1.29, 1.82) is 0 Å². The van der Waals surface area contributed by atoms with Gasteiger partial charge in [-0.2, -0.15) is 0 Å². The number of ether oxygens (including phenoxy) is 1. The van der Waals surface area contributed by atoms with Crippen LogP contribution < -0.4 is 32.4 Å². The fraction of sp³-hybridized carbons (Fsp3) is 0.524. The van der Waals surface area contributed by atoms with Crippen LogP contribution in [-0.2, 0) is 0 Å². The Morgan fingerprint density at radius 2 is 2.00 bits per heavy atom. The Bertz CT molecular complexity index is 1260. The number of halogens is 3. The van der Waals surface area contributed by atoms with Crippen LogP contribution in [0.4, 0.5) is 24.5 Å². The minimum atomic E-state index is -3.04. The summed E-state index contributed by atoms with van der Waals surface area (Å²) in [4.78, 5) is 28.9. The molecule has 5 rings (SSSR count). The van der Waals surface area contributed by atoms with E-state index >= 15 is 4.39 Å². The first-order valence-corrected chi connectivity index (χ1v) is 10.6. The maximum Gasteiger partial charge on any atom is 0.329 e. The molecule has 1 aliphatic heterocycles. The summed E-state index contributed by atoms with van der Waals surface area (Å²) in [6.07, 6.45) is 3.03. The second-order valence-corrected chi connectivity index (χ2v) is 8.79. The molecule has 2 aliphatic carbocycles. The summed E-state index contributed by atoms with van der Waals surface area (Å²) >= 11 is 0. The van der Waals surface area contributed by atoms with Crippen molar-refractivity contribution in [3.63, 3.8) is 0 Å². The number of hydrogen-bond acceptors (Lipinski definition) is 6. The quantitative estimate of drug-likeness (QED) is 0.484. The average Bonchev–Trinajstić information content (AvgIpc) is 3.49. The number of H-pyrrole nitrogens is 1. The molecular formula is C21H24F3N5O3. The predicted octanol–water partition coefficient (Wildman–Crippen LogP) is 1.87. The third kappa shape index (κ3) is 2.94. The maximum absolute atomic E-state index is 15.6. The van der Waals surface area contributed by atoms with Gasteiger partial charge in [-0.05, 0) is 24.8 Å². The minimum Gasteiger partial charge on any atom is -0.492 e. The highest BCUT2D eigenvalue weighted by Gasteiger charge is 2.47. The molecule has 1 saturated heterocycles. The highest BCUT2D eigenvalue weighted by molar-refractivity contribution is 6.00. The number of alkyl halides is 2. The summed E-state index contributed by atoms with van der Waals surface area (Å²) in [5.41, 5.74) is 10.9. The number of hydrogen-bond donors (Lipinski definition) is 3. The first-order chi connectivity index (χ1) is 15.2. The molecule has 0 radical (unpaired) electrons. The molecule has 2 atom stereocenters. The third-order valence-corrected chi connectivity index (χ3v) is 6.79. The number of nitrogen functional groups attached to an aromatic ring is 1. The van der Waals surface area contributed by atoms with Crippen molar-refractivity contribution in [2.75, 3.05) is 30.8 Å². The molecule has 2 aromatic rings. The van der Waals surface area contributed by atoms with Gasteiger partial charge in [0.15, 0.2) is 11.6 Å². The van der Waals surface area contributed by atoms with E-state index in [0.29, 0.717) is 5.57 Å². The zero-order valence-electron chi connectivity index (χ0n) is 17.5. The number of anilines is 2. The van der Waals surface area contributed by atoms with Gasteiger partial charge in [-0.25, -0.2) is 18.0 Å². The predicted molar refractivity (Wildman–Crippen MR) is 114 cm³/mol. The van der Waals surface area contributed by atoms with Crippen LogP contribution >= 0.6 is 0 Å². The highest BCUT2D eigenvalue weighted by atomic mass is 19.3. The number of nitrogens with two attached hydrogens (primary N) is 2. The lowest BCUT2D eigenvalue weighted by Crippen LogP contribution is -2.47. The van der Waals surface area contributed by atoms with Crippen LogP contribution in [0.5, 0.6) is 5.75 Å². The van der Waals surface area contributed by atoms with Crippen molar-refractivity contribution >= 4 is 22.3 Å². The van der Waals surface area contributed by atoms with Crippen molar-refractivity contribution in [1.82, 2.24) is 9.55 Å². The summed E-state index contributed by atoms with van der Waals surface area (Å²) in [6.45, 7) is 0.210. The number of aromatic amines is 1. The van der Waals surface area contributed by atoms with Crippen molar-refractivity contribution in [2.45, 2.75) is 43.7 Å². The molecule has 1 saturated carbocycles. The molecule has 8 nitrogen and oxygen atoms in total. The third-order valence-electron chi connectivity index (χ3n) is 6.79. The number of allylic oxidation sites excluding steroid dienone is 1. The first-order valence-electron chi connectivity index (χ1n) is 10.6. The standard InChI is InChI=1S/C21H24F3N5O3/c1-32-17-15-12(19(30)27-20(31)29(15)10-4-5-10)14(25)13(22)16(17)28-7-9-3-2-6-21(23,24)18(26)11(9)8-28/h3,10-11,18H,2,4-8,25-26H2,1H3,(H,27,30,31). The molecular weight excluding hydrogens is 427 g/mol.